The van der Waals surface area contributed by atoms with Gasteiger partial charge in [-0.1, -0.05) is 62.4 Å². The quantitative estimate of drug-likeness (QED) is 0.401. The van der Waals surface area contributed by atoms with E-state index in [4.69, 9.17) is 0 Å². The molecule has 3 heterocycles. The van der Waals surface area contributed by atoms with Gasteiger partial charge in [-0.2, -0.15) is 5.21 Å². The monoisotopic (exact) mass is 452 g/mol. The van der Waals surface area contributed by atoms with Gasteiger partial charge in [0.2, 0.25) is 5.82 Å². The van der Waals surface area contributed by atoms with Crippen LogP contribution in [0.25, 0.3) is 33.4 Å². The zero-order chi connectivity index (χ0) is 23.7. The third-order valence-electron chi connectivity index (χ3n) is 6.02. The summed E-state index contributed by atoms with van der Waals surface area (Å²) < 4.78 is 1.71. The molecule has 2 N–H and O–H groups in total. The highest BCUT2D eigenvalue weighted by Gasteiger charge is 2.15. The molecule has 8 heteroatoms. The zero-order valence-electron chi connectivity index (χ0n) is 19.0. The highest BCUT2D eigenvalue weighted by Crippen LogP contribution is 2.30. The number of hydrogen-bond acceptors (Lipinski definition) is 6. The molecule has 0 saturated heterocycles. The van der Waals surface area contributed by atoms with Crippen molar-refractivity contribution in [2.75, 3.05) is 0 Å². The maximum atomic E-state index is 12.9. The Morgan fingerprint density at radius 1 is 0.971 bits per heavy atom. The molecule has 0 aliphatic rings. The summed E-state index contributed by atoms with van der Waals surface area (Å²) in [5, 5.41) is 25.5. The van der Waals surface area contributed by atoms with Crippen LogP contribution in [0.2, 0.25) is 0 Å². The highest BCUT2D eigenvalue weighted by atomic mass is 16.3. The highest BCUT2D eigenvalue weighted by molar-refractivity contribution is 5.88. The SMILES string of the molecule is CCc1cc2c(c(O)cc(=O)n2Cc2ccc(-c3ccccc3-c3nn[nH]n3)cc2)c(CC)n1. The first-order valence-corrected chi connectivity index (χ1v) is 11.3. The standard InChI is InChI=1S/C26H24N6O2/c1-3-18-13-22-25(21(4-2)27-18)23(33)14-24(34)32(22)15-16-9-11-17(12-10-16)19-7-5-6-8-20(19)26-28-30-31-29-26/h5-14,33H,3-4,15H2,1-2H3,(H,28,29,30,31). The third-order valence-corrected chi connectivity index (χ3v) is 6.02. The van der Waals surface area contributed by atoms with E-state index in [-0.39, 0.29) is 11.3 Å². The van der Waals surface area contributed by atoms with E-state index in [1.807, 2.05) is 68.4 Å². The fourth-order valence-corrected chi connectivity index (χ4v) is 4.30. The minimum absolute atomic E-state index is 0.0170. The third kappa shape index (κ3) is 3.83. The number of nitrogens with one attached hydrogen (secondary N) is 1. The van der Waals surface area contributed by atoms with Crippen molar-refractivity contribution in [2.24, 2.45) is 0 Å². The average molecular weight is 453 g/mol. The molecule has 0 amide bonds. The zero-order valence-corrected chi connectivity index (χ0v) is 19.0. The van der Waals surface area contributed by atoms with Crippen LogP contribution in [0, 0.1) is 0 Å². The lowest BCUT2D eigenvalue weighted by Gasteiger charge is -2.15. The summed E-state index contributed by atoms with van der Waals surface area (Å²) in [7, 11) is 0. The van der Waals surface area contributed by atoms with E-state index >= 15 is 0 Å². The van der Waals surface area contributed by atoms with Gasteiger partial charge in [0.15, 0.2) is 0 Å². The Balaban J connectivity index is 1.55. The van der Waals surface area contributed by atoms with E-state index in [1.54, 1.807) is 4.57 Å². The molecule has 0 radical (unpaired) electrons. The number of pyridine rings is 2. The van der Waals surface area contributed by atoms with Crippen molar-refractivity contribution in [1.82, 2.24) is 30.2 Å². The molecule has 0 saturated carbocycles. The lowest BCUT2D eigenvalue weighted by Crippen LogP contribution is -2.21. The van der Waals surface area contributed by atoms with Crippen LogP contribution in [0.1, 0.15) is 30.8 Å². The molecule has 3 aromatic heterocycles. The fraction of sp³-hybridized carbons (Fsp3) is 0.192. The lowest BCUT2D eigenvalue weighted by molar-refractivity contribution is 0.478. The van der Waals surface area contributed by atoms with Gasteiger partial charge in [-0.05, 0) is 40.8 Å². The van der Waals surface area contributed by atoms with Gasteiger partial charge in [-0.15, -0.1) is 10.2 Å². The molecule has 0 atom stereocenters. The summed E-state index contributed by atoms with van der Waals surface area (Å²) >= 11 is 0. The minimum atomic E-state index is -0.244. The molecule has 0 unspecified atom stereocenters. The molecular weight excluding hydrogens is 428 g/mol. The largest absolute Gasteiger partial charge is 0.507 e. The van der Waals surface area contributed by atoms with Crippen molar-refractivity contribution in [1.29, 1.82) is 0 Å². The summed E-state index contributed by atoms with van der Waals surface area (Å²) in [5.41, 5.74) is 6.03. The minimum Gasteiger partial charge on any atom is -0.507 e. The van der Waals surface area contributed by atoms with Crippen LogP contribution in [0.5, 0.6) is 5.75 Å². The van der Waals surface area contributed by atoms with Gasteiger partial charge in [0.05, 0.1) is 23.1 Å². The predicted octanol–water partition coefficient (Wildman–Crippen LogP) is 4.12. The van der Waals surface area contributed by atoms with E-state index < -0.39 is 0 Å². The fourth-order valence-electron chi connectivity index (χ4n) is 4.30. The second-order valence-electron chi connectivity index (χ2n) is 8.09. The maximum Gasteiger partial charge on any atom is 0.255 e. The number of benzene rings is 2. The number of aromatic amines is 1. The van der Waals surface area contributed by atoms with Crippen LogP contribution in [0.3, 0.4) is 0 Å². The van der Waals surface area contributed by atoms with E-state index in [9.17, 15) is 9.90 Å². The first-order chi connectivity index (χ1) is 16.6. The topological polar surface area (TPSA) is 110 Å². The van der Waals surface area contributed by atoms with Crippen LogP contribution in [-0.2, 0) is 19.4 Å². The normalized spacial score (nSPS) is 11.2. The van der Waals surface area contributed by atoms with Gasteiger partial charge in [0.1, 0.15) is 5.75 Å². The van der Waals surface area contributed by atoms with Gasteiger partial charge < -0.3 is 9.67 Å². The number of aryl methyl sites for hydroxylation is 2. The first kappa shape index (κ1) is 21.5. The number of tetrazole rings is 1. The van der Waals surface area contributed by atoms with E-state index in [0.717, 1.165) is 40.1 Å². The van der Waals surface area contributed by atoms with Crippen molar-refractivity contribution < 1.29 is 5.11 Å². The first-order valence-electron chi connectivity index (χ1n) is 11.3. The number of rotatable bonds is 6. The van der Waals surface area contributed by atoms with Gasteiger partial charge in [-0.3, -0.25) is 9.78 Å². The molecule has 5 rings (SSSR count). The van der Waals surface area contributed by atoms with Crippen LogP contribution < -0.4 is 5.56 Å². The molecule has 0 aliphatic heterocycles. The summed E-state index contributed by atoms with van der Waals surface area (Å²) in [6.07, 6.45) is 1.42. The number of nitrogens with zero attached hydrogens (tertiary/aromatic N) is 5. The molecule has 170 valence electrons. The van der Waals surface area contributed by atoms with Gasteiger partial charge in [0, 0.05) is 17.3 Å². The van der Waals surface area contributed by atoms with E-state index in [1.165, 1.54) is 6.07 Å². The molecule has 0 aliphatic carbocycles. The molecule has 0 fully saturated rings. The van der Waals surface area contributed by atoms with Crippen molar-refractivity contribution >= 4 is 10.9 Å². The second-order valence-corrected chi connectivity index (χ2v) is 8.09. The van der Waals surface area contributed by atoms with Gasteiger partial charge in [0.25, 0.3) is 5.56 Å². The van der Waals surface area contributed by atoms with Crippen LogP contribution in [0.4, 0.5) is 0 Å². The maximum absolute atomic E-state index is 12.9. The predicted molar refractivity (Wildman–Crippen MR) is 131 cm³/mol. The molecule has 0 spiro atoms. The van der Waals surface area contributed by atoms with Crippen molar-refractivity contribution in [3.63, 3.8) is 0 Å². The summed E-state index contributed by atoms with van der Waals surface area (Å²) in [6.45, 7) is 4.42. The van der Waals surface area contributed by atoms with Gasteiger partial charge >= 0.3 is 0 Å². The Morgan fingerprint density at radius 2 is 1.74 bits per heavy atom. The van der Waals surface area contributed by atoms with Crippen LogP contribution in [-0.4, -0.2) is 35.3 Å². The molecule has 8 nitrogen and oxygen atoms in total. The number of fused-ring (bicyclic) bond motifs is 1. The van der Waals surface area contributed by atoms with Crippen molar-refractivity contribution in [3.05, 3.63) is 88.0 Å². The molecule has 34 heavy (non-hydrogen) atoms. The Bertz CT molecular complexity index is 1520. The van der Waals surface area contributed by atoms with Crippen molar-refractivity contribution in [2.45, 2.75) is 33.2 Å². The molecule has 2 aromatic carbocycles. The average Bonchev–Trinajstić information content (AvgIpc) is 3.41. The Labute approximate surface area is 195 Å². The second kappa shape index (κ2) is 8.90. The number of H-pyrrole nitrogens is 1. The molecule has 0 bridgehead atoms. The molecular formula is C26H24N6O2. The van der Waals surface area contributed by atoms with Crippen LogP contribution >= 0.6 is 0 Å². The van der Waals surface area contributed by atoms with Gasteiger partial charge in [-0.25, -0.2) is 0 Å². The number of aromatic nitrogens is 6. The number of aromatic hydroxyl groups is 1. The van der Waals surface area contributed by atoms with E-state index in [0.29, 0.717) is 29.7 Å². The van der Waals surface area contributed by atoms with Crippen LogP contribution in [0.15, 0.2) is 65.5 Å². The summed E-state index contributed by atoms with van der Waals surface area (Å²) in [4.78, 5) is 17.5. The summed E-state index contributed by atoms with van der Waals surface area (Å²) in [6, 6.07) is 19.2. The molecule has 5 aromatic rings. The van der Waals surface area contributed by atoms with Crippen molar-refractivity contribution in [3.8, 4) is 28.3 Å². The Hall–Kier alpha value is -4.33. The van der Waals surface area contributed by atoms with E-state index in [2.05, 4.69) is 25.6 Å². The lowest BCUT2D eigenvalue weighted by atomic mass is 9.98. The Morgan fingerprint density at radius 3 is 2.41 bits per heavy atom. The smallest absolute Gasteiger partial charge is 0.255 e. The number of hydrogen-bond donors (Lipinski definition) is 2. The summed E-state index contributed by atoms with van der Waals surface area (Å²) in [5.74, 6) is 0.519. The Kier molecular flexibility index (Phi) is 5.63.